The predicted molar refractivity (Wildman–Crippen MR) is 91.5 cm³/mol. The number of hydrogen-bond acceptors (Lipinski definition) is 3. The van der Waals surface area contributed by atoms with E-state index >= 15 is 0 Å². The fraction of sp³-hybridized carbons (Fsp3) is 0.526. The van der Waals surface area contributed by atoms with Crippen LogP contribution < -0.4 is 5.32 Å². The van der Waals surface area contributed by atoms with E-state index in [-0.39, 0.29) is 17.6 Å². The molecule has 4 rings (SSSR count). The van der Waals surface area contributed by atoms with E-state index < -0.39 is 0 Å². The molecule has 0 radical (unpaired) electrons. The Labute approximate surface area is 137 Å². The summed E-state index contributed by atoms with van der Waals surface area (Å²) in [5.74, 6) is 0.451. The molecule has 0 unspecified atom stereocenters. The Morgan fingerprint density at radius 1 is 1.26 bits per heavy atom. The monoisotopic (exact) mass is 311 g/mol. The van der Waals surface area contributed by atoms with Crippen molar-refractivity contribution in [2.75, 3.05) is 11.9 Å². The van der Waals surface area contributed by atoms with Gasteiger partial charge in [-0.05, 0) is 29.9 Å². The molecule has 4 heteroatoms. The van der Waals surface area contributed by atoms with E-state index in [1.165, 1.54) is 23.2 Å². The molecule has 1 aromatic heterocycles. The Hall–Kier alpha value is -1.81. The molecule has 1 fully saturated rings. The van der Waals surface area contributed by atoms with Crippen LogP contribution in [0.2, 0.25) is 0 Å². The zero-order valence-corrected chi connectivity index (χ0v) is 14.1. The second kappa shape index (κ2) is 5.38. The van der Waals surface area contributed by atoms with Crippen LogP contribution in [0, 0.1) is 5.92 Å². The summed E-state index contributed by atoms with van der Waals surface area (Å²) in [5.41, 5.74) is 5.18. The predicted octanol–water partition coefficient (Wildman–Crippen LogP) is 4.34. The molecule has 1 aromatic carbocycles. The lowest BCUT2D eigenvalue weighted by molar-refractivity contribution is -0.0385. The lowest BCUT2D eigenvalue weighted by Crippen LogP contribution is -2.36. The maximum absolute atomic E-state index is 6.23. The van der Waals surface area contributed by atoms with Crippen LogP contribution in [0.3, 0.4) is 0 Å². The smallest absolute Gasteiger partial charge is 0.0922 e. The van der Waals surface area contributed by atoms with Crippen molar-refractivity contribution in [1.82, 2.24) is 9.97 Å². The highest BCUT2D eigenvalue weighted by molar-refractivity contribution is 5.58. The summed E-state index contributed by atoms with van der Waals surface area (Å²) in [4.78, 5) is 7.48. The molecule has 0 bridgehead atoms. The van der Waals surface area contributed by atoms with E-state index in [0.29, 0.717) is 5.92 Å². The summed E-state index contributed by atoms with van der Waals surface area (Å²) in [5, 5.41) is 3.73. The first kappa shape index (κ1) is 14.8. The van der Waals surface area contributed by atoms with Crippen LogP contribution in [0.1, 0.15) is 62.6 Å². The Balaban J connectivity index is 1.78. The minimum Gasteiger partial charge on any atom is -0.376 e. The van der Waals surface area contributed by atoms with Crippen molar-refractivity contribution in [3.63, 3.8) is 0 Å². The van der Waals surface area contributed by atoms with Gasteiger partial charge in [-0.25, -0.2) is 4.98 Å². The molecule has 2 aliphatic rings. The molecule has 2 aliphatic heterocycles. The van der Waals surface area contributed by atoms with Gasteiger partial charge < -0.3 is 15.0 Å². The molecule has 23 heavy (non-hydrogen) atoms. The number of nitrogens with zero attached hydrogens (tertiary/aromatic N) is 1. The quantitative estimate of drug-likeness (QED) is 0.823. The number of aromatic amines is 1. The second-order valence-electron chi connectivity index (χ2n) is 7.78. The molecule has 122 valence electrons. The number of hydrogen-bond donors (Lipinski definition) is 2. The molecule has 0 saturated carbocycles. The number of fused-ring (bicyclic) bond motifs is 3. The van der Waals surface area contributed by atoms with Gasteiger partial charge in [-0.3, -0.25) is 0 Å². The molecule has 3 atom stereocenters. The van der Waals surface area contributed by atoms with E-state index in [4.69, 9.17) is 4.74 Å². The van der Waals surface area contributed by atoms with Gasteiger partial charge >= 0.3 is 0 Å². The molecule has 0 amide bonds. The lowest BCUT2D eigenvalue weighted by Gasteiger charge is -2.43. The van der Waals surface area contributed by atoms with E-state index in [1.807, 2.05) is 6.20 Å². The highest BCUT2D eigenvalue weighted by Gasteiger charge is 2.40. The topological polar surface area (TPSA) is 49.9 Å². The van der Waals surface area contributed by atoms with Crippen LogP contribution in [0.15, 0.2) is 30.7 Å². The number of aromatic nitrogens is 2. The molecule has 0 spiro atoms. The number of H-pyrrole nitrogens is 1. The first-order valence-electron chi connectivity index (χ1n) is 8.55. The van der Waals surface area contributed by atoms with E-state index in [2.05, 4.69) is 54.3 Å². The summed E-state index contributed by atoms with van der Waals surface area (Å²) in [6, 6.07) is 7.04. The zero-order chi connectivity index (χ0) is 16.0. The van der Waals surface area contributed by atoms with Gasteiger partial charge in [-0.1, -0.05) is 32.9 Å². The van der Waals surface area contributed by atoms with Gasteiger partial charge in [0.25, 0.3) is 0 Å². The highest BCUT2D eigenvalue weighted by atomic mass is 16.5. The molecule has 4 nitrogen and oxygen atoms in total. The minimum absolute atomic E-state index is 0.152. The van der Waals surface area contributed by atoms with Crippen molar-refractivity contribution in [3.05, 3.63) is 47.5 Å². The van der Waals surface area contributed by atoms with Gasteiger partial charge in [0.2, 0.25) is 0 Å². The third-order valence-electron chi connectivity index (χ3n) is 5.19. The zero-order valence-electron chi connectivity index (χ0n) is 14.1. The Morgan fingerprint density at radius 2 is 2.13 bits per heavy atom. The molecule has 1 saturated heterocycles. The van der Waals surface area contributed by atoms with Gasteiger partial charge in [-0.2, -0.15) is 0 Å². The Bertz CT molecular complexity index is 687. The van der Waals surface area contributed by atoms with Crippen LogP contribution >= 0.6 is 0 Å². The van der Waals surface area contributed by atoms with Gasteiger partial charge in [0, 0.05) is 23.8 Å². The van der Waals surface area contributed by atoms with Gasteiger partial charge in [0.15, 0.2) is 0 Å². The standard InChI is InChI=1S/C19H25N3O/c1-19(2,3)12-6-7-15-14(9-12)18-13(5-4-8-23-18)17(22-15)16-10-20-11-21-16/h6-7,9-11,13,17-18,22H,4-5,8H2,1-3H3,(H,20,21)/t13-,17+,18-/m0/s1. The summed E-state index contributed by atoms with van der Waals surface area (Å²) in [6.07, 6.45) is 6.17. The summed E-state index contributed by atoms with van der Waals surface area (Å²) >= 11 is 0. The number of ether oxygens (including phenoxy) is 1. The molecule has 3 heterocycles. The third-order valence-corrected chi connectivity index (χ3v) is 5.19. The Morgan fingerprint density at radius 3 is 2.87 bits per heavy atom. The lowest BCUT2D eigenvalue weighted by atomic mass is 9.77. The van der Waals surface area contributed by atoms with Crippen LogP contribution in [-0.2, 0) is 10.2 Å². The fourth-order valence-corrected chi connectivity index (χ4v) is 3.88. The minimum atomic E-state index is 0.152. The van der Waals surface area contributed by atoms with Crippen LogP contribution in [-0.4, -0.2) is 16.6 Å². The molecule has 2 aromatic rings. The Kier molecular flexibility index (Phi) is 3.45. The van der Waals surface area contributed by atoms with Gasteiger partial charge in [0.05, 0.1) is 30.4 Å². The normalized spacial score (nSPS) is 27.0. The van der Waals surface area contributed by atoms with E-state index in [0.717, 1.165) is 18.7 Å². The van der Waals surface area contributed by atoms with Crippen molar-refractivity contribution in [1.29, 1.82) is 0 Å². The van der Waals surface area contributed by atoms with E-state index in [1.54, 1.807) is 6.33 Å². The second-order valence-corrected chi connectivity index (χ2v) is 7.78. The third kappa shape index (κ3) is 2.55. The maximum Gasteiger partial charge on any atom is 0.0922 e. The largest absolute Gasteiger partial charge is 0.376 e. The van der Waals surface area contributed by atoms with E-state index in [9.17, 15) is 0 Å². The average Bonchev–Trinajstić information content (AvgIpc) is 3.07. The average molecular weight is 311 g/mol. The highest BCUT2D eigenvalue weighted by Crippen LogP contribution is 2.49. The SMILES string of the molecule is CC(C)(C)c1ccc2c(c1)[C@H]1OCCC[C@H]1[C@H](c1cnc[nH]1)N2. The first-order chi connectivity index (χ1) is 11.0. The van der Waals surface area contributed by atoms with Gasteiger partial charge in [0.1, 0.15) is 0 Å². The van der Waals surface area contributed by atoms with Crippen LogP contribution in [0.4, 0.5) is 5.69 Å². The van der Waals surface area contributed by atoms with Gasteiger partial charge in [-0.15, -0.1) is 0 Å². The molecule has 2 N–H and O–H groups in total. The maximum atomic E-state index is 6.23. The number of rotatable bonds is 1. The summed E-state index contributed by atoms with van der Waals surface area (Å²) in [6.45, 7) is 7.64. The summed E-state index contributed by atoms with van der Waals surface area (Å²) in [7, 11) is 0. The number of imidazole rings is 1. The number of anilines is 1. The van der Waals surface area contributed by atoms with Crippen molar-refractivity contribution in [3.8, 4) is 0 Å². The molecular formula is C19H25N3O. The van der Waals surface area contributed by atoms with Crippen molar-refractivity contribution >= 4 is 5.69 Å². The number of nitrogens with one attached hydrogen (secondary N) is 2. The molecular weight excluding hydrogens is 286 g/mol. The first-order valence-corrected chi connectivity index (χ1v) is 8.55. The van der Waals surface area contributed by atoms with Crippen LogP contribution in [0.25, 0.3) is 0 Å². The van der Waals surface area contributed by atoms with Crippen molar-refractivity contribution in [2.24, 2.45) is 5.92 Å². The fourth-order valence-electron chi connectivity index (χ4n) is 3.88. The van der Waals surface area contributed by atoms with Crippen molar-refractivity contribution < 1.29 is 4.74 Å². The van der Waals surface area contributed by atoms with Crippen molar-refractivity contribution in [2.45, 2.75) is 51.2 Å². The summed E-state index contributed by atoms with van der Waals surface area (Å²) < 4.78 is 6.23. The molecule has 0 aliphatic carbocycles. The van der Waals surface area contributed by atoms with Crippen LogP contribution in [0.5, 0.6) is 0 Å². The number of benzene rings is 1.